The highest BCUT2D eigenvalue weighted by Crippen LogP contribution is 2.14. The smallest absolute Gasteiger partial charge is 0.253 e. The van der Waals surface area contributed by atoms with Crippen molar-refractivity contribution in [2.24, 2.45) is 0 Å². The van der Waals surface area contributed by atoms with Crippen molar-refractivity contribution >= 4 is 31.7 Å². The van der Waals surface area contributed by atoms with Crippen molar-refractivity contribution in [1.82, 2.24) is 4.90 Å². The molecule has 4 nitrogen and oxygen atoms in total. The van der Waals surface area contributed by atoms with Crippen LogP contribution in [0.4, 0.5) is 0 Å². The Kier molecular flexibility index (Phi) is 4.07. The Balaban J connectivity index is 2.12. The fraction of sp³-hybridized carbons (Fsp3) is 0.417. The van der Waals surface area contributed by atoms with Gasteiger partial charge in [-0.1, -0.05) is 15.9 Å². The van der Waals surface area contributed by atoms with Gasteiger partial charge in [0, 0.05) is 23.1 Å². The van der Waals surface area contributed by atoms with E-state index in [1.54, 1.807) is 17.0 Å². The lowest BCUT2D eigenvalue weighted by molar-refractivity contribution is 0.0768. The maximum atomic E-state index is 12.2. The molecule has 1 amide bonds. The van der Waals surface area contributed by atoms with Crippen molar-refractivity contribution in [2.45, 2.75) is 6.42 Å². The van der Waals surface area contributed by atoms with E-state index in [0.717, 1.165) is 4.47 Å². The van der Waals surface area contributed by atoms with Gasteiger partial charge in [0.2, 0.25) is 0 Å². The van der Waals surface area contributed by atoms with Crippen molar-refractivity contribution in [1.29, 1.82) is 0 Å². The van der Waals surface area contributed by atoms with Crippen molar-refractivity contribution in [3.8, 4) is 0 Å². The number of rotatable bonds is 1. The van der Waals surface area contributed by atoms with Gasteiger partial charge in [-0.2, -0.15) is 0 Å². The lowest BCUT2D eigenvalue weighted by Crippen LogP contribution is -2.33. The molecule has 0 bridgehead atoms. The molecule has 1 heterocycles. The van der Waals surface area contributed by atoms with Crippen molar-refractivity contribution in [3.05, 3.63) is 34.3 Å². The van der Waals surface area contributed by atoms with E-state index in [-0.39, 0.29) is 24.0 Å². The number of amides is 1. The van der Waals surface area contributed by atoms with E-state index in [1.165, 1.54) is 0 Å². The Morgan fingerprint density at radius 3 is 2.44 bits per heavy atom. The van der Waals surface area contributed by atoms with E-state index in [2.05, 4.69) is 15.9 Å². The molecule has 0 N–H and O–H groups in total. The minimum absolute atomic E-state index is 0.0648. The molecule has 1 aromatic rings. The van der Waals surface area contributed by atoms with Crippen molar-refractivity contribution in [3.63, 3.8) is 0 Å². The summed E-state index contributed by atoms with van der Waals surface area (Å²) in [7, 11) is -2.98. The van der Waals surface area contributed by atoms with Crippen LogP contribution in [0.1, 0.15) is 16.8 Å². The van der Waals surface area contributed by atoms with Crippen LogP contribution in [-0.2, 0) is 9.84 Å². The van der Waals surface area contributed by atoms with Crippen molar-refractivity contribution < 1.29 is 13.2 Å². The standard InChI is InChI=1S/C12H14BrNO3S/c13-11-4-2-10(3-5-11)12(15)14-6-1-8-18(16,17)9-7-14/h2-5H,1,6-9H2. The molecule has 0 spiro atoms. The first-order valence-corrected chi connectivity index (χ1v) is 8.35. The minimum atomic E-state index is -2.98. The summed E-state index contributed by atoms with van der Waals surface area (Å²) in [5.41, 5.74) is 0.595. The third kappa shape index (κ3) is 3.32. The molecule has 0 unspecified atom stereocenters. The van der Waals surface area contributed by atoms with Crippen LogP contribution in [0, 0.1) is 0 Å². The van der Waals surface area contributed by atoms with E-state index in [9.17, 15) is 13.2 Å². The average Bonchev–Trinajstić information content (AvgIpc) is 2.50. The molecule has 2 rings (SSSR count). The molecule has 18 heavy (non-hydrogen) atoms. The molecule has 98 valence electrons. The third-order valence-corrected chi connectivity index (χ3v) is 5.18. The minimum Gasteiger partial charge on any atom is -0.338 e. The van der Waals surface area contributed by atoms with Gasteiger partial charge in [0.1, 0.15) is 0 Å². The van der Waals surface area contributed by atoms with Crippen LogP contribution in [0.5, 0.6) is 0 Å². The Hall–Kier alpha value is -0.880. The molecule has 0 aromatic heterocycles. The lowest BCUT2D eigenvalue weighted by atomic mass is 10.2. The summed E-state index contributed by atoms with van der Waals surface area (Å²) < 4.78 is 23.9. The van der Waals surface area contributed by atoms with E-state index < -0.39 is 9.84 Å². The van der Waals surface area contributed by atoms with Crippen LogP contribution in [0.3, 0.4) is 0 Å². The van der Waals surface area contributed by atoms with Gasteiger partial charge in [0.05, 0.1) is 11.5 Å². The molecule has 0 aliphatic carbocycles. The van der Waals surface area contributed by atoms with Crippen LogP contribution in [-0.4, -0.2) is 43.8 Å². The maximum absolute atomic E-state index is 12.2. The Morgan fingerprint density at radius 2 is 1.78 bits per heavy atom. The summed E-state index contributed by atoms with van der Waals surface area (Å²) in [5, 5.41) is 0. The maximum Gasteiger partial charge on any atom is 0.253 e. The first-order chi connectivity index (χ1) is 8.48. The Bertz CT molecular complexity index is 539. The number of sulfone groups is 1. The van der Waals surface area contributed by atoms with E-state index >= 15 is 0 Å². The van der Waals surface area contributed by atoms with E-state index in [1.807, 2.05) is 12.1 Å². The zero-order chi connectivity index (χ0) is 13.2. The predicted molar refractivity (Wildman–Crippen MR) is 73.3 cm³/mol. The largest absolute Gasteiger partial charge is 0.338 e. The number of hydrogen-bond acceptors (Lipinski definition) is 3. The molecule has 0 atom stereocenters. The van der Waals surface area contributed by atoms with Crippen LogP contribution in [0.2, 0.25) is 0 Å². The summed E-state index contributed by atoms with van der Waals surface area (Å²) >= 11 is 3.31. The topological polar surface area (TPSA) is 54.5 Å². The van der Waals surface area contributed by atoms with Gasteiger partial charge in [-0.05, 0) is 30.7 Å². The second-order valence-electron chi connectivity index (χ2n) is 4.30. The summed E-state index contributed by atoms with van der Waals surface area (Å²) in [4.78, 5) is 13.8. The quantitative estimate of drug-likeness (QED) is 0.787. The summed E-state index contributed by atoms with van der Waals surface area (Å²) in [6, 6.07) is 7.10. The average molecular weight is 332 g/mol. The number of halogens is 1. The fourth-order valence-electron chi connectivity index (χ4n) is 1.92. The Labute approximate surface area is 115 Å². The molecule has 6 heteroatoms. The molecule has 1 aliphatic heterocycles. The number of benzene rings is 1. The van der Waals surface area contributed by atoms with Crippen LogP contribution >= 0.6 is 15.9 Å². The Morgan fingerprint density at radius 1 is 1.11 bits per heavy atom. The molecule has 1 saturated heterocycles. The molecule has 1 aliphatic rings. The molecule has 1 fully saturated rings. The molecular weight excluding hydrogens is 318 g/mol. The van der Waals surface area contributed by atoms with E-state index in [4.69, 9.17) is 0 Å². The van der Waals surface area contributed by atoms with Crippen molar-refractivity contribution in [2.75, 3.05) is 24.6 Å². The monoisotopic (exact) mass is 331 g/mol. The third-order valence-electron chi connectivity index (χ3n) is 2.93. The molecule has 0 saturated carbocycles. The zero-order valence-electron chi connectivity index (χ0n) is 9.80. The van der Waals surface area contributed by atoms with Gasteiger partial charge < -0.3 is 4.90 Å². The number of carbonyl (C=O) groups excluding carboxylic acids is 1. The summed E-state index contributed by atoms with van der Waals surface area (Å²) in [6.45, 7) is 0.797. The normalized spacial score (nSPS) is 19.3. The highest BCUT2D eigenvalue weighted by Gasteiger charge is 2.23. The molecule has 0 radical (unpaired) electrons. The van der Waals surface area contributed by atoms with Crippen LogP contribution in [0.15, 0.2) is 28.7 Å². The number of hydrogen-bond donors (Lipinski definition) is 0. The first kappa shape index (κ1) is 13.5. The van der Waals surface area contributed by atoms with E-state index in [0.29, 0.717) is 18.5 Å². The fourth-order valence-corrected chi connectivity index (χ4v) is 3.45. The number of nitrogens with zero attached hydrogens (tertiary/aromatic N) is 1. The molecular formula is C12H14BrNO3S. The van der Waals surface area contributed by atoms with Gasteiger partial charge in [0.25, 0.3) is 5.91 Å². The summed E-state index contributed by atoms with van der Waals surface area (Å²) in [5.74, 6) is 0.145. The van der Waals surface area contributed by atoms with Gasteiger partial charge in [0.15, 0.2) is 9.84 Å². The lowest BCUT2D eigenvalue weighted by Gasteiger charge is -2.19. The van der Waals surface area contributed by atoms with Crippen LogP contribution in [0.25, 0.3) is 0 Å². The highest BCUT2D eigenvalue weighted by molar-refractivity contribution is 9.10. The first-order valence-electron chi connectivity index (χ1n) is 5.73. The van der Waals surface area contributed by atoms with Gasteiger partial charge in [-0.15, -0.1) is 0 Å². The zero-order valence-corrected chi connectivity index (χ0v) is 12.2. The van der Waals surface area contributed by atoms with Gasteiger partial charge >= 0.3 is 0 Å². The molecule has 1 aromatic carbocycles. The second kappa shape index (κ2) is 5.40. The van der Waals surface area contributed by atoms with Crippen LogP contribution < -0.4 is 0 Å². The predicted octanol–water partition coefficient (Wildman–Crippen LogP) is 1.71. The highest BCUT2D eigenvalue weighted by atomic mass is 79.9. The summed E-state index contributed by atoms with van der Waals surface area (Å²) in [6.07, 6.45) is 0.518. The van der Waals surface area contributed by atoms with Gasteiger partial charge in [-0.3, -0.25) is 4.79 Å². The SMILES string of the molecule is O=C(c1ccc(Br)cc1)N1CCCS(=O)(=O)CC1. The number of carbonyl (C=O) groups is 1. The second-order valence-corrected chi connectivity index (χ2v) is 7.52. The van der Waals surface area contributed by atoms with Gasteiger partial charge in [-0.25, -0.2) is 8.42 Å².